The summed E-state index contributed by atoms with van der Waals surface area (Å²) in [5.74, 6) is 0.660. The van der Waals surface area contributed by atoms with Crippen LogP contribution in [0.2, 0.25) is 0 Å². The smallest absolute Gasteiger partial charge is 0.101 e. The average molecular weight is 453 g/mol. The zero-order valence-electron chi connectivity index (χ0n) is 20.0. The van der Waals surface area contributed by atoms with Crippen LogP contribution < -0.4 is 15.1 Å². The predicted molar refractivity (Wildman–Crippen MR) is 137 cm³/mol. The normalized spacial score (nSPS) is 25.0. The van der Waals surface area contributed by atoms with Crippen LogP contribution in [0.25, 0.3) is 10.9 Å². The second-order valence-electron chi connectivity index (χ2n) is 10.2. The van der Waals surface area contributed by atoms with Crippen molar-refractivity contribution >= 4 is 22.3 Å². The van der Waals surface area contributed by atoms with Gasteiger partial charge in [-0.25, -0.2) is 0 Å². The van der Waals surface area contributed by atoms with Crippen LogP contribution in [-0.4, -0.2) is 55.2 Å². The summed E-state index contributed by atoms with van der Waals surface area (Å²) in [6.07, 6.45) is 1.78. The van der Waals surface area contributed by atoms with Gasteiger partial charge in [0, 0.05) is 68.3 Å². The molecular weight excluding hydrogens is 420 g/mol. The molecule has 0 unspecified atom stereocenters. The van der Waals surface area contributed by atoms with Gasteiger partial charge in [-0.15, -0.1) is 0 Å². The van der Waals surface area contributed by atoms with Crippen LogP contribution in [0.1, 0.15) is 36.6 Å². The van der Waals surface area contributed by atoms with Crippen molar-refractivity contribution in [1.82, 2.24) is 15.2 Å². The lowest BCUT2D eigenvalue weighted by Crippen LogP contribution is -2.51. The molecule has 4 heterocycles. The van der Waals surface area contributed by atoms with E-state index in [9.17, 15) is 5.26 Å². The number of nitriles is 1. The molecule has 1 aromatic heterocycles. The number of fused-ring (bicyclic) bond motifs is 4. The van der Waals surface area contributed by atoms with Gasteiger partial charge in [-0.05, 0) is 66.9 Å². The summed E-state index contributed by atoms with van der Waals surface area (Å²) < 4.78 is 0. The zero-order valence-corrected chi connectivity index (χ0v) is 20.0. The van der Waals surface area contributed by atoms with E-state index in [1.54, 1.807) is 6.20 Å². The van der Waals surface area contributed by atoms with Gasteiger partial charge < -0.3 is 15.1 Å². The molecule has 0 spiro atoms. The van der Waals surface area contributed by atoms with Gasteiger partial charge in [0.25, 0.3) is 0 Å². The molecule has 3 aliphatic heterocycles. The SMILES string of the molecule is C[C@@H]1CNCCN(c2ccc3c(c2)CN2[C@H](C)CN(c4ccc(C#N)c5ncccc45)C[C@H]32)C1. The lowest BCUT2D eigenvalue weighted by molar-refractivity contribution is 0.134. The molecule has 0 radical (unpaired) electrons. The summed E-state index contributed by atoms with van der Waals surface area (Å²) in [6.45, 7) is 12.0. The molecule has 174 valence electrons. The Balaban J connectivity index is 1.31. The van der Waals surface area contributed by atoms with E-state index in [4.69, 9.17) is 0 Å². The molecule has 3 aromatic rings. The number of hydrogen-bond donors (Lipinski definition) is 1. The first-order chi connectivity index (χ1) is 16.6. The van der Waals surface area contributed by atoms with E-state index in [2.05, 4.69) is 75.2 Å². The molecule has 0 bridgehead atoms. The maximum atomic E-state index is 9.54. The number of pyridine rings is 1. The van der Waals surface area contributed by atoms with Crippen molar-refractivity contribution in [3.05, 3.63) is 65.4 Å². The minimum atomic E-state index is 0.389. The highest BCUT2D eigenvalue weighted by Crippen LogP contribution is 2.42. The monoisotopic (exact) mass is 452 g/mol. The molecular formula is C28H32N6. The van der Waals surface area contributed by atoms with Crippen molar-refractivity contribution in [2.75, 3.05) is 49.1 Å². The third kappa shape index (κ3) is 3.60. The van der Waals surface area contributed by atoms with Gasteiger partial charge in [0.1, 0.15) is 6.07 Å². The number of anilines is 2. The number of nitrogens with one attached hydrogen (secondary N) is 1. The Bertz CT molecular complexity index is 1260. The van der Waals surface area contributed by atoms with Crippen molar-refractivity contribution in [3.63, 3.8) is 0 Å². The van der Waals surface area contributed by atoms with E-state index < -0.39 is 0 Å². The highest BCUT2D eigenvalue weighted by molar-refractivity contribution is 5.95. The van der Waals surface area contributed by atoms with Crippen molar-refractivity contribution in [1.29, 1.82) is 5.26 Å². The summed E-state index contributed by atoms with van der Waals surface area (Å²) in [5, 5.41) is 14.2. The summed E-state index contributed by atoms with van der Waals surface area (Å²) in [4.78, 5) is 12.2. The van der Waals surface area contributed by atoms with Crippen molar-refractivity contribution in [2.24, 2.45) is 5.92 Å². The topological polar surface area (TPSA) is 58.4 Å². The molecule has 2 saturated heterocycles. The highest BCUT2D eigenvalue weighted by Gasteiger charge is 2.39. The Labute approximate surface area is 201 Å². The molecule has 34 heavy (non-hydrogen) atoms. The van der Waals surface area contributed by atoms with Crippen LogP contribution in [-0.2, 0) is 6.54 Å². The third-order valence-electron chi connectivity index (χ3n) is 7.84. The minimum Gasteiger partial charge on any atom is -0.370 e. The largest absolute Gasteiger partial charge is 0.370 e. The van der Waals surface area contributed by atoms with Gasteiger partial charge >= 0.3 is 0 Å². The standard InChI is InChI=1S/C28H32N6/c1-19-14-30-10-11-32(15-19)23-6-7-24-22(12-23)17-34-20(2)16-33(18-27(24)34)26-8-5-21(13-29)28-25(26)4-3-9-31-28/h3-9,12,19-20,27,30H,10-11,14-18H2,1-2H3/t19-,20-,27-/m1/s1. The van der Waals surface area contributed by atoms with Gasteiger partial charge in [0.15, 0.2) is 0 Å². The molecule has 1 N–H and O–H groups in total. The molecule has 6 nitrogen and oxygen atoms in total. The van der Waals surface area contributed by atoms with E-state index >= 15 is 0 Å². The fourth-order valence-corrected chi connectivity index (χ4v) is 6.16. The third-order valence-corrected chi connectivity index (χ3v) is 7.84. The van der Waals surface area contributed by atoms with Crippen molar-refractivity contribution in [3.8, 4) is 6.07 Å². The lowest BCUT2D eigenvalue weighted by Gasteiger charge is -2.44. The van der Waals surface area contributed by atoms with E-state index in [-0.39, 0.29) is 0 Å². The number of rotatable bonds is 2. The average Bonchev–Trinajstić information content (AvgIpc) is 3.09. The van der Waals surface area contributed by atoms with Crippen LogP contribution in [0.15, 0.2) is 48.7 Å². The van der Waals surface area contributed by atoms with Gasteiger partial charge in [0.2, 0.25) is 0 Å². The van der Waals surface area contributed by atoms with Crippen LogP contribution in [0.4, 0.5) is 11.4 Å². The molecule has 2 aromatic carbocycles. The quantitative estimate of drug-likeness (QED) is 0.636. The second kappa shape index (κ2) is 8.57. The summed E-state index contributed by atoms with van der Waals surface area (Å²) >= 11 is 0. The van der Waals surface area contributed by atoms with Crippen molar-refractivity contribution < 1.29 is 0 Å². The van der Waals surface area contributed by atoms with Crippen molar-refractivity contribution in [2.45, 2.75) is 32.5 Å². The fraction of sp³-hybridized carbons (Fsp3) is 0.429. The molecule has 0 aliphatic carbocycles. The first-order valence-electron chi connectivity index (χ1n) is 12.5. The summed E-state index contributed by atoms with van der Waals surface area (Å²) in [5.41, 5.74) is 6.94. The zero-order chi connectivity index (χ0) is 23.2. The highest BCUT2D eigenvalue weighted by atomic mass is 15.3. The molecule has 6 rings (SSSR count). The molecule has 3 atom stereocenters. The number of aromatic nitrogens is 1. The Morgan fingerprint density at radius 1 is 1.06 bits per heavy atom. The number of benzene rings is 2. The van der Waals surface area contributed by atoms with Crippen LogP contribution in [0, 0.1) is 17.2 Å². The first kappa shape index (κ1) is 21.4. The maximum absolute atomic E-state index is 9.54. The van der Waals surface area contributed by atoms with Crippen LogP contribution in [0.3, 0.4) is 0 Å². The first-order valence-corrected chi connectivity index (χ1v) is 12.5. The Morgan fingerprint density at radius 3 is 2.85 bits per heavy atom. The minimum absolute atomic E-state index is 0.389. The number of piperazine rings is 1. The Morgan fingerprint density at radius 2 is 1.97 bits per heavy atom. The van der Waals surface area contributed by atoms with Gasteiger partial charge in [0.05, 0.1) is 17.1 Å². The van der Waals surface area contributed by atoms with E-state index in [1.165, 1.54) is 22.5 Å². The molecule has 3 aliphatic rings. The van der Waals surface area contributed by atoms with Crippen LogP contribution >= 0.6 is 0 Å². The fourth-order valence-electron chi connectivity index (χ4n) is 6.16. The lowest BCUT2D eigenvalue weighted by atomic mass is 9.99. The maximum Gasteiger partial charge on any atom is 0.101 e. The molecule has 6 heteroatoms. The predicted octanol–water partition coefficient (Wildman–Crippen LogP) is 3.92. The molecule has 0 amide bonds. The van der Waals surface area contributed by atoms with Gasteiger partial charge in [-0.2, -0.15) is 5.26 Å². The second-order valence-corrected chi connectivity index (χ2v) is 10.2. The van der Waals surface area contributed by atoms with E-state index in [1.807, 2.05) is 12.1 Å². The number of nitrogens with zero attached hydrogens (tertiary/aromatic N) is 5. The van der Waals surface area contributed by atoms with Crippen LogP contribution in [0.5, 0.6) is 0 Å². The summed E-state index contributed by atoms with van der Waals surface area (Å²) in [6, 6.07) is 18.4. The van der Waals surface area contributed by atoms with Gasteiger partial charge in [-0.1, -0.05) is 13.0 Å². The Hall–Kier alpha value is -3.14. The molecule has 2 fully saturated rings. The Kier molecular flexibility index (Phi) is 5.40. The van der Waals surface area contributed by atoms with Gasteiger partial charge in [-0.3, -0.25) is 9.88 Å². The molecule has 0 saturated carbocycles. The number of hydrogen-bond acceptors (Lipinski definition) is 6. The summed E-state index contributed by atoms with van der Waals surface area (Å²) in [7, 11) is 0. The van der Waals surface area contributed by atoms with E-state index in [0.29, 0.717) is 23.6 Å². The van der Waals surface area contributed by atoms with E-state index in [0.717, 1.165) is 56.7 Å².